The number of benzene rings is 2. The van der Waals surface area contributed by atoms with Gasteiger partial charge in [-0.1, -0.05) is 54.9 Å². The van der Waals surface area contributed by atoms with Gasteiger partial charge in [0.25, 0.3) is 0 Å². The molecule has 0 amide bonds. The third-order valence-electron chi connectivity index (χ3n) is 4.24. The Morgan fingerprint density at radius 1 is 1.17 bits per heavy atom. The van der Waals surface area contributed by atoms with E-state index in [1.165, 1.54) is 5.56 Å². The van der Waals surface area contributed by atoms with Crippen LogP contribution in [0.2, 0.25) is 5.02 Å². The van der Waals surface area contributed by atoms with Gasteiger partial charge in [-0.3, -0.25) is 0 Å². The second-order valence-corrected chi connectivity index (χ2v) is 5.99. The number of rotatable bonds is 5. The van der Waals surface area contributed by atoms with Crippen molar-refractivity contribution in [2.24, 2.45) is 0 Å². The van der Waals surface area contributed by atoms with E-state index in [-0.39, 0.29) is 12.3 Å². The van der Waals surface area contributed by atoms with Crippen LogP contribution in [0.3, 0.4) is 0 Å². The van der Waals surface area contributed by atoms with E-state index >= 15 is 0 Å². The fourth-order valence-electron chi connectivity index (χ4n) is 3.13. The summed E-state index contributed by atoms with van der Waals surface area (Å²) in [7, 11) is 0. The first-order valence-corrected chi connectivity index (χ1v) is 8.02. The van der Waals surface area contributed by atoms with Crippen LogP contribution in [0.1, 0.15) is 36.0 Å². The average Bonchev–Trinajstić information content (AvgIpc) is 2.97. The third-order valence-corrected chi connectivity index (χ3v) is 4.59. The summed E-state index contributed by atoms with van der Waals surface area (Å²) in [5, 5.41) is 12.9. The molecule has 1 heterocycles. The zero-order valence-electron chi connectivity index (χ0n) is 12.8. The largest absolute Gasteiger partial charge is 0.550 e. The number of carbonyl (C=O) groups is 1. The molecule has 23 heavy (non-hydrogen) atoms. The zero-order chi connectivity index (χ0) is 16.4. The second-order valence-electron chi connectivity index (χ2n) is 5.59. The van der Waals surface area contributed by atoms with Crippen LogP contribution in [0.5, 0.6) is 0 Å². The van der Waals surface area contributed by atoms with Crippen molar-refractivity contribution in [2.45, 2.75) is 25.7 Å². The zero-order valence-corrected chi connectivity index (χ0v) is 13.6. The lowest BCUT2D eigenvalue weighted by Crippen LogP contribution is -2.25. The maximum Gasteiger partial charge on any atom is 0.0489 e. The van der Waals surface area contributed by atoms with E-state index in [0.29, 0.717) is 5.02 Å². The lowest BCUT2D eigenvalue weighted by atomic mass is 9.88. The van der Waals surface area contributed by atoms with Gasteiger partial charge >= 0.3 is 0 Å². The summed E-state index contributed by atoms with van der Waals surface area (Å²) in [5.74, 6) is -1.43. The Hall–Kier alpha value is -2.26. The molecule has 0 aliphatic rings. The molecule has 0 saturated carbocycles. The highest BCUT2D eigenvalue weighted by Gasteiger charge is 2.21. The van der Waals surface area contributed by atoms with E-state index in [9.17, 15) is 9.90 Å². The van der Waals surface area contributed by atoms with Gasteiger partial charge in [-0.05, 0) is 35.6 Å². The Bertz CT molecular complexity index is 853. The molecular weight excluding hydrogens is 310 g/mol. The van der Waals surface area contributed by atoms with Gasteiger partial charge in [-0.25, -0.2) is 0 Å². The average molecular weight is 327 g/mol. The molecule has 0 aliphatic carbocycles. The molecule has 0 radical (unpaired) electrons. The van der Waals surface area contributed by atoms with Crippen molar-refractivity contribution in [2.75, 3.05) is 0 Å². The maximum atomic E-state index is 11.3. The summed E-state index contributed by atoms with van der Waals surface area (Å²) in [6.45, 7) is 2.10. The van der Waals surface area contributed by atoms with E-state index in [2.05, 4.69) is 18.0 Å². The molecular formula is C19H17ClNO2-. The van der Waals surface area contributed by atoms with Crippen molar-refractivity contribution in [3.05, 3.63) is 70.4 Å². The molecule has 2 aromatic carbocycles. The summed E-state index contributed by atoms with van der Waals surface area (Å²) in [6, 6.07) is 13.5. The maximum absolute atomic E-state index is 11.3. The predicted octanol–water partition coefficient (Wildman–Crippen LogP) is 3.66. The molecule has 3 rings (SSSR count). The van der Waals surface area contributed by atoms with Gasteiger partial charge in [0.15, 0.2) is 0 Å². The number of para-hydroxylation sites is 1. The van der Waals surface area contributed by atoms with E-state index in [1.807, 2.05) is 36.5 Å². The molecule has 1 atom stereocenters. The number of aryl methyl sites for hydroxylation is 1. The molecule has 118 valence electrons. The van der Waals surface area contributed by atoms with E-state index in [1.54, 1.807) is 6.07 Å². The molecule has 3 aromatic rings. The number of fused-ring (bicyclic) bond motifs is 1. The predicted molar refractivity (Wildman–Crippen MR) is 90.6 cm³/mol. The fourth-order valence-corrected chi connectivity index (χ4v) is 3.40. The number of halogens is 1. The second kappa shape index (κ2) is 6.47. The number of carboxylic acids is 1. The number of nitrogens with one attached hydrogen (secondary N) is 1. The summed E-state index contributed by atoms with van der Waals surface area (Å²) >= 11 is 6.31. The van der Waals surface area contributed by atoms with Crippen LogP contribution < -0.4 is 5.11 Å². The van der Waals surface area contributed by atoms with Crippen molar-refractivity contribution >= 4 is 28.5 Å². The molecule has 0 aliphatic heterocycles. The SMILES string of the molecule is CCc1cccc2c([C@H](CC(=O)[O-])c3ccccc3Cl)c[nH]c12. The Morgan fingerprint density at radius 2 is 1.96 bits per heavy atom. The molecule has 3 nitrogen and oxygen atoms in total. The standard InChI is InChI=1S/C19H18ClNO2/c1-2-12-6-5-8-14-16(11-21-19(12)14)15(10-18(22)23)13-7-3-4-9-17(13)20/h3-9,11,15,21H,2,10H2,1H3,(H,22,23)/p-1/t15-/m1/s1. The van der Waals surface area contributed by atoms with Gasteiger partial charge in [0.1, 0.15) is 0 Å². The highest BCUT2D eigenvalue weighted by Crippen LogP contribution is 2.37. The molecule has 0 fully saturated rings. The van der Waals surface area contributed by atoms with Crippen LogP contribution in [0.25, 0.3) is 10.9 Å². The molecule has 0 spiro atoms. The van der Waals surface area contributed by atoms with Gasteiger partial charge < -0.3 is 14.9 Å². The van der Waals surface area contributed by atoms with Gasteiger partial charge in [0.2, 0.25) is 0 Å². The van der Waals surface area contributed by atoms with Gasteiger partial charge in [-0.15, -0.1) is 0 Å². The number of aromatic nitrogens is 1. The van der Waals surface area contributed by atoms with Crippen LogP contribution in [0.4, 0.5) is 0 Å². The number of hydrogen-bond acceptors (Lipinski definition) is 2. The summed E-state index contributed by atoms with van der Waals surface area (Å²) in [4.78, 5) is 14.6. The molecule has 1 aromatic heterocycles. The smallest absolute Gasteiger partial charge is 0.0489 e. The van der Waals surface area contributed by atoms with Crippen LogP contribution in [0.15, 0.2) is 48.7 Å². The van der Waals surface area contributed by atoms with Gasteiger partial charge in [0, 0.05) is 34.0 Å². The topological polar surface area (TPSA) is 55.9 Å². The first-order valence-electron chi connectivity index (χ1n) is 7.65. The normalized spacial score (nSPS) is 12.4. The molecule has 4 heteroatoms. The third kappa shape index (κ3) is 2.97. The highest BCUT2D eigenvalue weighted by atomic mass is 35.5. The number of carboxylic acid groups (broad SMARTS) is 1. The number of H-pyrrole nitrogens is 1. The molecule has 1 N–H and O–H groups in total. The van der Waals surface area contributed by atoms with E-state index in [0.717, 1.165) is 28.5 Å². The van der Waals surface area contributed by atoms with Crippen LogP contribution in [-0.2, 0) is 11.2 Å². The fraction of sp³-hybridized carbons (Fsp3) is 0.211. The minimum absolute atomic E-state index is 0.104. The number of carbonyl (C=O) groups excluding carboxylic acids is 1. The molecule has 0 unspecified atom stereocenters. The number of hydrogen-bond donors (Lipinski definition) is 1. The minimum Gasteiger partial charge on any atom is -0.550 e. The van der Waals surface area contributed by atoms with Crippen LogP contribution in [-0.4, -0.2) is 11.0 Å². The summed E-state index contributed by atoms with van der Waals surface area (Å²) < 4.78 is 0. The van der Waals surface area contributed by atoms with Crippen molar-refractivity contribution < 1.29 is 9.90 Å². The van der Waals surface area contributed by atoms with E-state index in [4.69, 9.17) is 11.6 Å². The lowest BCUT2D eigenvalue weighted by molar-refractivity contribution is -0.305. The number of aromatic amines is 1. The molecule has 0 bridgehead atoms. The van der Waals surface area contributed by atoms with Crippen molar-refractivity contribution in [3.63, 3.8) is 0 Å². The summed E-state index contributed by atoms with van der Waals surface area (Å²) in [6.07, 6.45) is 2.70. The monoisotopic (exact) mass is 326 g/mol. The van der Waals surface area contributed by atoms with Crippen molar-refractivity contribution in [1.29, 1.82) is 0 Å². The van der Waals surface area contributed by atoms with E-state index < -0.39 is 5.97 Å². The van der Waals surface area contributed by atoms with Crippen molar-refractivity contribution in [1.82, 2.24) is 4.98 Å². The quantitative estimate of drug-likeness (QED) is 0.778. The number of aliphatic carboxylic acids is 1. The van der Waals surface area contributed by atoms with Crippen LogP contribution in [0, 0.1) is 0 Å². The Kier molecular flexibility index (Phi) is 4.39. The summed E-state index contributed by atoms with van der Waals surface area (Å²) in [5.41, 5.74) is 4.01. The van der Waals surface area contributed by atoms with Gasteiger partial charge in [-0.2, -0.15) is 0 Å². The lowest BCUT2D eigenvalue weighted by Gasteiger charge is -2.19. The Morgan fingerprint density at radius 3 is 2.65 bits per heavy atom. The Balaban J connectivity index is 2.18. The van der Waals surface area contributed by atoms with Crippen LogP contribution >= 0.6 is 11.6 Å². The first kappa shape index (κ1) is 15.6. The molecule has 0 saturated heterocycles. The van der Waals surface area contributed by atoms with Crippen molar-refractivity contribution in [3.8, 4) is 0 Å². The Labute approximate surface area is 139 Å². The highest BCUT2D eigenvalue weighted by molar-refractivity contribution is 6.31. The van der Waals surface area contributed by atoms with Gasteiger partial charge in [0.05, 0.1) is 0 Å². The minimum atomic E-state index is -1.09. The first-order chi connectivity index (χ1) is 11.1.